The lowest BCUT2D eigenvalue weighted by Gasteiger charge is -2.06. The lowest BCUT2D eigenvalue weighted by atomic mass is 10.4. The van der Waals surface area contributed by atoms with Crippen LogP contribution >= 0.6 is 11.8 Å². The van der Waals surface area contributed by atoms with Gasteiger partial charge >= 0.3 is 0 Å². The van der Waals surface area contributed by atoms with Gasteiger partial charge in [0.15, 0.2) is 5.16 Å². The SMILES string of the molecule is Cc1ccnc(SC(C)C(=N)N)n1. The van der Waals surface area contributed by atoms with Crippen LogP contribution in [0.3, 0.4) is 0 Å². The van der Waals surface area contributed by atoms with Crippen LogP contribution in [0.15, 0.2) is 17.4 Å². The van der Waals surface area contributed by atoms with Gasteiger partial charge in [-0.1, -0.05) is 11.8 Å². The highest BCUT2D eigenvalue weighted by Gasteiger charge is 2.08. The maximum Gasteiger partial charge on any atom is 0.188 e. The summed E-state index contributed by atoms with van der Waals surface area (Å²) in [6.45, 7) is 3.77. The minimum absolute atomic E-state index is 0.0678. The summed E-state index contributed by atoms with van der Waals surface area (Å²) in [4.78, 5) is 8.26. The van der Waals surface area contributed by atoms with E-state index in [1.54, 1.807) is 6.20 Å². The van der Waals surface area contributed by atoms with Crippen LogP contribution in [0.4, 0.5) is 0 Å². The number of nitrogens with one attached hydrogen (secondary N) is 1. The summed E-state index contributed by atoms with van der Waals surface area (Å²) in [6, 6.07) is 1.84. The van der Waals surface area contributed by atoms with Crippen molar-refractivity contribution in [1.29, 1.82) is 5.41 Å². The standard InChI is InChI=1S/C8H12N4S/c1-5-3-4-11-8(12-5)13-6(2)7(9)10/h3-4,6H,1-2H3,(H3,9,10). The second-order valence-corrected chi connectivity index (χ2v) is 4.00. The van der Waals surface area contributed by atoms with Gasteiger partial charge in [-0.2, -0.15) is 0 Å². The van der Waals surface area contributed by atoms with E-state index < -0.39 is 0 Å². The van der Waals surface area contributed by atoms with Crippen molar-refractivity contribution >= 4 is 17.6 Å². The Bertz CT molecular complexity index is 313. The second-order valence-electron chi connectivity index (χ2n) is 2.70. The second kappa shape index (κ2) is 4.23. The molecule has 0 aliphatic heterocycles. The fourth-order valence-electron chi connectivity index (χ4n) is 0.704. The van der Waals surface area contributed by atoms with Crippen LogP contribution < -0.4 is 5.73 Å². The third-order valence-corrected chi connectivity index (χ3v) is 2.51. The first-order valence-electron chi connectivity index (χ1n) is 3.90. The Morgan fingerprint density at radius 3 is 2.92 bits per heavy atom. The van der Waals surface area contributed by atoms with Gasteiger partial charge in [0.1, 0.15) is 5.84 Å². The van der Waals surface area contributed by atoms with Crippen LogP contribution in [0.2, 0.25) is 0 Å². The van der Waals surface area contributed by atoms with Crippen LogP contribution in [-0.4, -0.2) is 21.1 Å². The van der Waals surface area contributed by atoms with Crippen molar-refractivity contribution in [3.63, 3.8) is 0 Å². The molecule has 70 valence electrons. The quantitative estimate of drug-likeness (QED) is 0.329. The normalized spacial score (nSPS) is 12.5. The molecule has 0 saturated carbocycles. The smallest absolute Gasteiger partial charge is 0.188 e. The van der Waals surface area contributed by atoms with Gasteiger partial charge in [0.25, 0.3) is 0 Å². The van der Waals surface area contributed by atoms with Gasteiger partial charge < -0.3 is 5.73 Å². The molecule has 4 nitrogen and oxygen atoms in total. The zero-order chi connectivity index (χ0) is 9.84. The number of hydrogen-bond acceptors (Lipinski definition) is 4. The minimum atomic E-state index is -0.0678. The maximum absolute atomic E-state index is 7.20. The zero-order valence-corrected chi connectivity index (χ0v) is 8.43. The number of hydrogen-bond donors (Lipinski definition) is 2. The number of nitrogens with zero attached hydrogens (tertiary/aromatic N) is 2. The van der Waals surface area contributed by atoms with Crippen molar-refractivity contribution in [2.24, 2.45) is 5.73 Å². The highest BCUT2D eigenvalue weighted by molar-refractivity contribution is 8.00. The molecule has 13 heavy (non-hydrogen) atoms. The number of aryl methyl sites for hydroxylation is 1. The summed E-state index contributed by atoms with van der Waals surface area (Å²) in [5.74, 6) is 0.148. The fraction of sp³-hybridized carbons (Fsp3) is 0.375. The van der Waals surface area contributed by atoms with Crippen molar-refractivity contribution in [1.82, 2.24) is 9.97 Å². The molecule has 0 saturated heterocycles. The summed E-state index contributed by atoms with van der Waals surface area (Å²) in [6.07, 6.45) is 1.71. The summed E-state index contributed by atoms with van der Waals surface area (Å²) >= 11 is 1.39. The first-order valence-corrected chi connectivity index (χ1v) is 4.78. The minimum Gasteiger partial charge on any atom is -0.387 e. The van der Waals surface area contributed by atoms with Crippen molar-refractivity contribution in [3.8, 4) is 0 Å². The van der Waals surface area contributed by atoms with E-state index in [0.29, 0.717) is 5.16 Å². The van der Waals surface area contributed by atoms with Crippen molar-refractivity contribution in [2.75, 3.05) is 0 Å². The summed E-state index contributed by atoms with van der Waals surface area (Å²) in [5, 5.41) is 7.81. The first kappa shape index (κ1) is 9.98. The van der Waals surface area contributed by atoms with E-state index in [1.807, 2.05) is 19.9 Å². The average molecular weight is 196 g/mol. The van der Waals surface area contributed by atoms with Gasteiger partial charge in [-0.3, -0.25) is 5.41 Å². The predicted octanol–water partition coefficient (Wildman–Crippen LogP) is 1.20. The molecule has 1 rings (SSSR count). The van der Waals surface area contributed by atoms with E-state index in [0.717, 1.165) is 5.69 Å². The molecule has 1 heterocycles. The first-order chi connectivity index (χ1) is 6.09. The third-order valence-electron chi connectivity index (χ3n) is 1.49. The van der Waals surface area contributed by atoms with Gasteiger partial charge in [0, 0.05) is 11.9 Å². The molecule has 0 aromatic carbocycles. The molecule has 1 atom stereocenters. The fourth-order valence-corrected chi connectivity index (χ4v) is 1.47. The summed E-state index contributed by atoms with van der Waals surface area (Å²) in [5.41, 5.74) is 6.25. The van der Waals surface area contributed by atoms with Crippen LogP contribution in [-0.2, 0) is 0 Å². The molecular weight excluding hydrogens is 184 g/mol. The molecule has 0 bridgehead atoms. The monoisotopic (exact) mass is 196 g/mol. The molecule has 0 radical (unpaired) electrons. The predicted molar refractivity (Wildman–Crippen MR) is 54.0 cm³/mol. The van der Waals surface area contributed by atoms with Crippen LogP contribution in [0.5, 0.6) is 0 Å². The summed E-state index contributed by atoms with van der Waals surface area (Å²) < 4.78 is 0. The van der Waals surface area contributed by atoms with E-state index in [-0.39, 0.29) is 11.1 Å². The van der Waals surface area contributed by atoms with Crippen molar-refractivity contribution < 1.29 is 0 Å². The Kier molecular flexibility index (Phi) is 3.25. The molecule has 0 aliphatic carbocycles. The Labute approximate surface area is 81.5 Å². The lowest BCUT2D eigenvalue weighted by Crippen LogP contribution is -2.21. The van der Waals surface area contributed by atoms with Crippen molar-refractivity contribution in [3.05, 3.63) is 18.0 Å². The van der Waals surface area contributed by atoms with Crippen LogP contribution in [0.1, 0.15) is 12.6 Å². The molecule has 1 unspecified atom stereocenters. The summed E-state index contributed by atoms with van der Waals surface area (Å²) in [7, 11) is 0. The van der Waals surface area contributed by atoms with Gasteiger partial charge in [-0.05, 0) is 19.9 Å². The molecule has 5 heteroatoms. The highest BCUT2D eigenvalue weighted by Crippen LogP contribution is 2.18. The molecular formula is C8H12N4S. The molecule has 0 aliphatic rings. The lowest BCUT2D eigenvalue weighted by molar-refractivity contribution is 0.929. The third kappa shape index (κ3) is 3.02. The van der Waals surface area contributed by atoms with Gasteiger partial charge in [-0.15, -0.1) is 0 Å². The molecule has 0 fully saturated rings. The Hall–Kier alpha value is -1.10. The highest BCUT2D eigenvalue weighted by atomic mass is 32.2. The van der Waals surface area contributed by atoms with E-state index >= 15 is 0 Å². The largest absolute Gasteiger partial charge is 0.387 e. The number of thioether (sulfide) groups is 1. The van der Waals surface area contributed by atoms with E-state index in [9.17, 15) is 0 Å². The Morgan fingerprint density at radius 1 is 1.69 bits per heavy atom. The van der Waals surface area contributed by atoms with Crippen LogP contribution in [0.25, 0.3) is 0 Å². The van der Waals surface area contributed by atoms with Gasteiger partial charge in [0.2, 0.25) is 0 Å². The van der Waals surface area contributed by atoms with E-state index in [4.69, 9.17) is 11.1 Å². The topological polar surface area (TPSA) is 75.7 Å². The number of aromatic nitrogens is 2. The number of nitrogens with two attached hydrogens (primary N) is 1. The van der Waals surface area contributed by atoms with Crippen LogP contribution in [0, 0.1) is 12.3 Å². The van der Waals surface area contributed by atoms with E-state index in [1.165, 1.54) is 11.8 Å². The zero-order valence-electron chi connectivity index (χ0n) is 7.61. The molecule has 0 spiro atoms. The number of amidine groups is 1. The molecule has 0 amide bonds. The number of rotatable bonds is 3. The van der Waals surface area contributed by atoms with Gasteiger partial charge in [0.05, 0.1) is 5.25 Å². The van der Waals surface area contributed by atoms with Crippen molar-refractivity contribution in [2.45, 2.75) is 24.3 Å². The Balaban J connectivity index is 2.69. The van der Waals surface area contributed by atoms with E-state index in [2.05, 4.69) is 9.97 Å². The molecule has 1 aromatic rings. The molecule has 3 N–H and O–H groups in total. The van der Waals surface area contributed by atoms with Gasteiger partial charge in [-0.25, -0.2) is 9.97 Å². The maximum atomic E-state index is 7.20. The Morgan fingerprint density at radius 2 is 2.38 bits per heavy atom. The average Bonchev–Trinajstić information content (AvgIpc) is 2.04. The molecule has 1 aromatic heterocycles.